The summed E-state index contributed by atoms with van der Waals surface area (Å²) in [6.45, 7) is 7.92. The first-order valence-electron chi connectivity index (χ1n) is 13.9. The molecule has 0 saturated heterocycles. The maximum Gasteiger partial charge on any atom is 0.323 e. The van der Waals surface area contributed by atoms with Crippen LogP contribution in [0.15, 0.2) is 47.0 Å². The summed E-state index contributed by atoms with van der Waals surface area (Å²) < 4.78 is 30.6. The number of aryl methyl sites for hydroxylation is 2. The smallest absolute Gasteiger partial charge is 0.323 e. The minimum absolute atomic E-state index is 0.0796. The second-order valence-electron chi connectivity index (χ2n) is 10.7. The Morgan fingerprint density at radius 1 is 1.05 bits per heavy atom. The molecule has 1 aromatic heterocycles. The van der Waals surface area contributed by atoms with Gasteiger partial charge >= 0.3 is 12.1 Å². The standard InChI is InChI=1S/C30H37FN6O6/c1-17-14-37(30(40)34-27-19(3)35-43-20(27)4)18(2)16-42-25-11-10-23(13-24(25)28(38)36(5)15-26(17)41-6)33-29(39)32-22-9-7-8-21(31)12-22/h7-13,17-18,26H,14-16H2,1-6H3,(H,34,40)(H2,32,33,39)/t17-,18-,26-/m1/s1. The van der Waals surface area contributed by atoms with Crippen LogP contribution < -0.4 is 20.7 Å². The molecular weight excluding hydrogens is 559 g/mol. The summed E-state index contributed by atoms with van der Waals surface area (Å²) in [5.41, 5.74) is 1.90. The Kier molecular flexibility index (Phi) is 9.86. The number of ether oxygens (including phenoxy) is 2. The van der Waals surface area contributed by atoms with Crippen molar-refractivity contribution in [2.75, 3.05) is 49.8 Å². The lowest BCUT2D eigenvalue weighted by molar-refractivity contribution is 0.0174. The van der Waals surface area contributed by atoms with Crippen molar-refractivity contribution >= 4 is 35.0 Å². The highest BCUT2D eigenvalue weighted by atomic mass is 19.1. The second kappa shape index (κ2) is 13.6. The lowest BCUT2D eigenvalue weighted by Gasteiger charge is -2.36. The van der Waals surface area contributed by atoms with Gasteiger partial charge < -0.3 is 39.7 Å². The van der Waals surface area contributed by atoms with Crippen LogP contribution in [-0.4, -0.2) is 78.9 Å². The Bertz CT molecular complexity index is 1460. The van der Waals surface area contributed by atoms with Crippen LogP contribution in [0.1, 0.15) is 35.7 Å². The van der Waals surface area contributed by atoms with Gasteiger partial charge in [-0.05, 0) is 57.2 Å². The van der Waals surface area contributed by atoms with Crippen molar-refractivity contribution < 1.29 is 32.8 Å². The van der Waals surface area contributed by atoms with E-state index < -0.39 is 24.0 Å². The number of halogens is 1. The molecule has 1 aliphatic rings. The van der Waals surface area contributed by atoms with Gasteiger partial charge in [-0.15, -0.1) is 0 Å². The third kappa shape index (κ3) is 7.60. The van der Waals surface area contributed by atoms with Crippen LogP contribution in [0.3, 0.4) is 0 Å². The number of fused-ring (bicyclic) bond motifs is 1. The van der Waals surface area contributed by atoms with E-state index in [0.29, 0.717) is 29.4 Å². The Labute approximate surface area is 249 Å². The van der Waals surface area contributed by atoms with Crippen LogP contribution >= 0.6 is 0 Å². The summed E-state index contributed by atoms with van der Waals surface area (Å²) in [4.78, 5) is 42.9. The molecule has 43 heavy (non-hydrogen) atoms. The fourth-order valence-corrected chi connectivity index (χ4v) is 4.84. The van der Waals surface area contributed by atoms with Crippen molar-refractivity contribution in [3.05, 3.63) is 65.3 Å². The Morgan fingerprint density at radius 3 is 2.42 bits per heavy atom. The maximum atomic E-state index is 13.6. The van der Waals surface area contributed by atoms with Crippen molar-refractivity contribution in [1.29, 1.82) is 0 Å². The number of nitrogens with one attached hydrogen (secondary N) is 3. The number of hydrogen-bond donors (Lipinski definition) is 3. The average molecular weight is 597 g/mol. The zero-order chi connectivity index (χ0) is 31.3. The molecule has 0 unspecified atom stereocenters. The molecule has 230 valence electrons. The number of aromatic nitrogens is 1. The normalized spacial score (nSPS) is 19.4. The predicted molar refractivity (Wildman–Crippen MR) is 159 cm³/mol. The van der Waals surface area contributed by atoms with Crippen molar-refractivity contribution in [3.8, 4) is 5.75 Å². The van der Waals surface area contributed by atoms with Crippen LogP contribution in [0.2, 0.25) is 0 Å². The van der Waals surface area contributed by atoms with Crippen molar-refractivity contribution in [1.82, 2.24) is 15.0 Å². The topological polar surface area (TPSA) is 138 Å². The van der Waals surface area contributed by atoms with E-state index in [1.165, 1.54) is 29.2 Å². The number of carbonyl (C=O) groups excluding carboxylic acids is 3. The molecule has 0 fully saturated rings. The lowest BCUT2D eigenvalue weighted by Crippen LogP contribution is -2.50. The van der Waals surface area contributed by atoms with Gasteiger partial charge in [0.2, 0.25) is 0 Å². The number of hydrogen-bond acceptors (Lipinski definition) is 7. The SMILES string of the molecule is CO[C@@H]1CN(C)C(=O)c2cc(NC(=O)Nc3cccc(F)c3)ccc2OC[C@@H](C)N(C(=O)Nc2c(C)noc2C)C[C@H]1C. The zero-order valence-corrected chi connectivity index (χ0v) is 25.1. The third-order valence-corrected chi connectivity index (χ3v) is 7.31. The third-order valence-electron chi connectivity index (χ3n) is 7.31. The van der Waals surface area contributed by atoms with E-state index in [0.717, 1.165) is 0 Å². The van der Waals surface area contributed by atoms with Gasteiger partial charge in [0, 0.05) is 44.5 Å². The van der Waals surface area contributed by atoms with E-state index >= 15 is 0 Å². The maximum absolute atomic E-state index is 13.6. The van der Waals surface area contributed by atoms with Crippen molar-refractivity contribution in [2.45, 2.75) is 39.8 Å². The molecular formula is C30H37FN6O6. The van der Waals surface area contributed by atoms with Crippen molar-refractivity contribution in [3.63, 3.8) is 0 Å². The first kappa shape index (κ1) is 31.3. The number of carbonyl (C=O) groups is 3. The molecule has 3 atom stereocenters. The fraction of sp³-hybridized carbons (Fsp3) is 0.400. The summed E-state index contributed by atoms with van der Waals surface area (Å²) in [5.74, 6) is -0.194. The Morgan fingerprint density at radius 2 is 1.77 bits per heavy atom. The monoisotopic (exact) mass is 596 g/mol. The minimum atomic E-state index is -0.609. The molecule has 0 radical (unpaired) electrons. The number of benzene rings is 2. The van der Waals surface area contributed by atoms with E-state index in [1.807, 2.05) is 13.8 Å². The first-order chi connectivity index (χ1) is 20.5. The Hall–Kier alpha value is -4.65. The number of urea groups is 2. The summed E-state index contributed by atoms with van der Waals surface area (Å²) in [6, 6.07) is 8.83. The molecule has 13 heteroatoms. The van der Waals surface area contributed by atoms with Gasteiger partial charge in [0.15, 0.2) is 5.76 Å². The highest BCUT2D eigenvalue weighted by Crippen LogP contribution is 2.27. The predicted octanol–water partition coefficient (Wildman–Crippen LogP) is 5.11. The number of nitrogens with zero attached hydrogens (tertiary/aromatic N) is 3. The van der Waals surface area contributed by atoms with Gasteiger partial charge in [-0.25, -0.2) is 14.0 Å². The molecule has 4 rings (SSSR count). The zero-order valence-electron chi connectivity index (χ0n) is 25.1. The van der Waals surface area contributed by atoms with E-state index in [-0.39, 0.29) is 48.0 Å². The molecule has 0 aliphatic carbocycles. The number of anilines is 3. The van der Waals surface area contributed by atoms with Gasteiger partial charge in [-0.2, -0.15) is 0 Å². The van der Waals surface area contributed by atoms with Crippen molar-refractivity contribution in [2.24, 2.45) is 5.92 Å². The van der Waals surface area contributed by atoms with Crippen LogP contribution in [0.25, 0.3) is 0 Å². The van der Waals surface area contributed by atoms with Gasteiger partial charge in [-0.1, -0.05) is 18.1 Å². The molecule has 0 saturated carbocycles. The van der Waals surface area contributed by atoms with Crippen LogP contribution in [-0.2, 0) is 4.74 Å². The van der Waals surface area contributed by atoms with Crippen LogP contribution in [0.5, 0.6) is 5.75 Å². The second-order valence-corrected chi connectivity index (χ2v) is 10.7. The van der Waals surface area contributed by atoms with Gasteiger partial charge in [0.1, 0.15) is 29.6 Å². The molecule has 5 amide bonds. The molecule has 0 bridgehead atoms. The lowest BCUT2D eigenvalue weighted by atomic mass is 10.0. The largest absolute Gasteiger partial charge is 0.491 e. The number of likely N-dealkylation sites (N-methyl/N-ethyl adjacent to an activating group) is 1. The highest BCUT2D eigenvalue weighted by Gasteiger charge is 2.31. The van der Waals surface area contributed by atoms with Gasteiger partial charge in [0.25, 0.3) is 5.91 Å². The number of rotatable bonds is 4. The molecule has 3 aromatic rings. The Balaban J connectivity index is 1.59. The summed E-state index contributed by atoms with van der Waals surface area (Å²) >= 11 is 0. The summed E-state index contributed by atoms with van der Waals surface area (Å²) in [7, 11) is 3.22. The van der Waals surface area contributed by atoms with E-state index in [2.05, 4.69) is 21.1 Å². The fourth-order valence-electron chi connectivity index (χ4n) is 4.84. The molecule has 2 aromatic carbocycles. The van der Waals surface area contributed by atoms with E-state index in [9.17, 15) is 18.8 Å². The average Bonchev–Trinajstić information content (AvgIpc) is 3.28. The summed E-state index contributed by atoms with van der Waals surface area (Å²) in [5, 5.41) is 12.1. The minimum Gasteiger partial charge on any atom is -0.491 e. The van der Waals surface area contributed by atoms with Crippen LogP contribution in [0, 0.1) is 25.6 Å². The van der Waals surface area contributed by atoms with Crippen LogP contribution in [0.4, 0.5) is 31.0 Å². The molecule has 0 spiro atoms. The summed E-state index contributed by atoms with van der Waals surface area (Å²) in [6.07, 6.45) is -0.391. The molecule has 3 N–H and O–H groups in total. The molecule has 2 heterocycles. The van der Waals surface area contributed by atoms with Gasteiger partial charge in [0.05, 0.1) is 17.7 Å². The van der Waals surface area contributed by atoms with E-state index in [4.69, 9.17) is 14.0 Å². The number of methoxy groups -OCH3 is 1. The highest BCUT2D eigenvalue weighted by molar-refractivity contribution is 6.02. The quantitative estimate of drug-likeness (QED) is 0.380. The number of amides is 5. The first-order valence-corrected chi connectivity index (χ1v) is 13.9. The van der Waals surface area contributed by atoms with E-state index in [1.54, 1.807) is 51.1 Å². The molecule has 1 aliphatic heterocycles. The van der Waals surface area contributed by atoms with Gasteiger partial charge in [-0.3, -0.25) is 4.79 Å². The molecule has 12 nitrogen and oxygen atoms in total.